The molecule has 0 aliphatic rings. The van der Waals surface area contributed by atoms with Gasteiger partial charge in [0.25, 0.3) is 0 Å². The lowest BCUT2D eigenvalue weighted by Crippen LogP contribution is -2.41. The monoisotopic (exact) mass is 268 g/mol. The normalized spacial score (nSPS) is 15.8. The summed E-state index contributed by atoms with van der Waals surface area (Å²) in [6.07, 6.45) is 1.71. The molecule has 3 atom stereocenters. The Kier molecular flexibility index (Phi) is 6.15. The molecule has 2 N–H and O–H groups in total. The number of amides is 1. The number of nitrogens with zero attached hydrogens (tertiary/aromatic N) is 1. The zero-order valence-corrected chi connectivity index (χ0v) is 11.8. The van der Waals surface area contributed by atoms with Crippen molar-refractivity contribution in [1.29, 1.82) is 0 Å². The van der Waals surface area contributed by atoms with Crippen LogP contribution in [0.3, 0.4) is 0 Å². The Hall–Kier alpha value is -1.07. The van der Waals surface area contributed by atoms with Crippen molar-refractivity contribution in [3.63, 3.8) is 0 Å². The molecule has 4 nitrogen and oxygen atoms in total. The number of hydrogen-bond acceptors (Lipinski definition) is 4. The molecule has 3 unspecified atom stereocenters. The largest absolute Gasteiger partial charge is 0.396 e. The Bertz CT molecular complexity index is 373. The average Bonchev–Trinajstić information content (AvgIpc) is 2.38. The summed E-state index contributed by atoms with van der Waals surface area (Å²) >= 11 is 1.43. The summed E-state index contributed by atoms with van der Waals surface area (Å²) in [4.78, 5) is 16.1. The van der Waals surface area contributed by atoms with Crippen molar-refractivity contribution < 1.29 is 9.90 Å². The van der Waals surface area contributed by atoms with Crippen molar-refractivity contribution in [3.8, 4) is 0 Å². The van der Waals surface area contributed by atoms with Crippen LogP contribution in [0.4, 0.5) is 0 Å². The van der Waals surface area contributed by atoms with E-state index in [0.29, 0.717) is 0 Å². The fourth-order valence-electron chi connectivity index (χ4n) is 1.29. The first-order valence-corrected chi connectivity index (χ1v) is 6.91. The lowest BCUT2D eigenvalue weighted by Gasteiger charge is -2.21. The van der Waals surface area contributed by atoms with E-state index in [2.05, 4.69) is 10.3 Å². The summed E-state index contributed by atoms with van der Waals surface area (Å²) in [5, 5.41) is 12.6. The van der Waals surface area contributed by atoms with E-state index in [4.69, 9.17) is 5.11 Å². The van der Waals surface area contributed by atoms with Crippen LogP contribution in [0.5, 0.6) is 0 Å². The molecule has 0 bridgehead atoms. The molecule has 0 radical (unpaired) electrons. The summed E-state index contributed by atoms with van der Waals surface area (Å²) in [5.41, 5.74) is 0. The number of aliphatic hydroxyl groups excluding tert-OH is 1. The maximum atomic E-state index is 11.9. The van der Waals surface area contributed by atoms with Gasteiger partial charge in [0, 0.05) is 18.8 Å². The number of carbonyl (C=O) groups excluding carboxylic acids is 1. The molecule has 1 aromatic heterocycles. The van der Waals surface area contributed by atoms with Gasteiger partial charge in [-0.15, -0.1) is 0 Å². The molecule has 0 spiro atoms. The molecule has 1 amide bonds. The van der Waals surface area contributed by atoms with E-state index in [1.165, 1.54) is 11.8 Å². The van der Waals surface area contributed by atoms with E-state index >= 15 is 0 Å². The molecule has 18 heavy (non-hydrogen) atoms. The molecule has 0 aromatic carbocycles. The Morgan fingerprint density at radius 3 is 2.72 bits per heavy atom. The highest BCUT2D eigenvalue weighted by Gasteiger charge is 2.19. The third-order valence-corrected chi connectivity index (χ3v) is 3.87. The second-order valence-corrected chi connectivity index (χ2v) is 5.75. The average molecular weight is 268 g/mol. The van der Waals surface area contributed by atoms with E-state index in [1.54, 1.807) is 6.20 Å². The second kappa shape index (κ2) is 7.38. The van der Waals surface area contributed by atoms with Gasteiger partial charge < -0.3 is 10.4 Å². The predicted molar refractivity (Wildman–Crippen MR) is 73.4 cm³/mol. The van der Waals surface area contributed by atoms with Crippen LogP contribution >= 0.6 is 11.8 Å². The predicted octanol–water partition coefficient (Wildman–Crippen LogP) is 1.70. The Morgan fingerprint density at radius 2 is 2.17 bits per heavy atom. The highest BCUT2D eigenvalue weighted by atomic mass is 32.2. The molecule has 5 heteroatoms. The molecule has 1 rings (SSSR count). The number of rotatable bonds is 6. The van der Waals surface area contributed by atoms with Crippen LogP contribution in [0, 0.1) is 5.92 Å². The minimum atomic E-state index is -0.201. The standard InChI is InChI=1S/C13H20N2O2S/c1-9(8-16)10(2)15-13(17)11(3)18-12-6-4-5-7-14-12/h4-7,9-11,16H,8H2,1-3H3,(H,15,17). The fourth-order valence-corrected chi connectivity index (χ4v) is 2.11. The molecule has 0 aliphatic heterocycles. The molecule has 1 aromatic rings. The van der Waals surface area contributed by atoms with Gasteiger partial charge in [0.15, 0.2) is 0 Å². The van der Waals surface area contributed by atoms with Gasteiger partial charge in [-0.2, -0.15) is 0 Å². The van der Waals surface area contributed by atoms with E-state index in [-0.39, 0.29) is 29.7 Å². The number of thioether (sulfide) groups is 1. The molecular formula is C13H20N2O2S. The smallest absolute Gasteiger partial charge is 0.233 e. The van der Waals surface area contributed by atoms with Crippen molar-refractivity contribution in [3.05, 3.63) is 24.4 Å². The minimum absolute atomic E-state index is 0.0292. The van der Waals surface area contributed by atoms with E-state index in [1.807, 2.05) is 39.0 Å². The molecule has 0 aliphatic carbocycles. The van der Waals surface area contributed by atoms with Crippen LogP contribution in [-0.2, 0) is 4.79 Å². The van der Waals surface area contributed by atoms with Crippen molar-refractivity contribution in [2.24, 2.45) is 5.92 Å². The lowest BCUT2D eigenvalue weighted by molar-refractivity contribution is -0.121. The van der Waals surface area contributed by atoms with Gasteiger partial charge >= 0.3 is 0 Å². The minimum Gasteiger partial charge on any atom is -0.396 e. The Morgan fingerprint density at radius 1 is 1.44 bits per heavy atom. The highest BCUT2D eigenvalue weighted by molar-refractivity contribution is 8.00. The number of nitrogens with one attached hydrogen (secondary N) is 1. The molecule has 1 heterocycles. The summed E-state index contributed by atoms with van der Waals surface area (Å²) in [6.45, 7) is 5.73. The van der Waals surface area contributed by atoms with Gasteiger partial charge in [0.2, 0.25) is 5.91 Å². The first-order valence-electron chi connectivity index (χ1n) is 6.03. The molecular weight excluding hydrogens is 248 g/mol. The molecule has 0 saturated heterocycles. The fraction of sp³-hybridized carbons (Fsp3) is 0.538. The molecule has 0 fully saturated rings. The highest BCUT2D eigenvalue weighted by Crippen LogP contribution is 2.20. The quantitative estimate of drug-likeness (QED) is 0.771. The summed E-state index contributed by atoms with van der Waals surface area (Å²) in [6, 6.07) is 5.60. The topological polar surface area (TPSA) is 62.2 Å². The lowest BCUT2D eigenvalue weighted by atomic mass is 10.1. The third-order valence-electron chi connectivity index (χ3n) is 2.82. The van der Waals surface area contributed by atoms with Crippen LogP contribution in [-0.4, -0.2) is 33.9 Å². The number of pyridine rings is 1. The van der Waals surface area contributed by atoms with Crippen molar-refractivity contribution in [2.45, 2.75) is 37.1 Å². The van der Waals surface area contributed by atoms with Gasteiger partial charge in [-0.3, -0.25) is 4.79 Å². The Balaban J connectivity index is 2.47. The summed E-state index contributed by atoms with van der Waals surface area (Å²) in [7, 11) is 0. The zero-order valence-electron chi connectivity index (χ0n) is 11.0. The van der Waals surface area contributed by atoms with Crippen molar-refractivity contribution in [1.82, 2.24) is 10.3 Å². The van der Waals surface area contributed by atoms with Crippen LogP contribution in [0.1, 0.15) is 20.8 Å². The number of aromatic nitrogens is 1. The van der Waals surface area contributed by atoms with Crippen LogP contribution in [0.25, 0.3) is 0 Å². The second-order valence-electron chi connectivity index (χ2n) is 4.39. The van der Waals surface area contributed by atoms with E-state index in [0.717, 1.165) is 5.03 Å². The SMILES string of the molecule is CC(Sc1ccccn1)C(=O)NC(C)C(C)CO. The van der Waals surface area contributed by atoms with Crippen LogP contribution < -0.4 is 5.32 Å². The van der Waals surface area contributed by atoms with Gasteiger partial charge in [-0.1, -0.05) is 24.8 Å². The zero-order chi connectivity index (χ0) is 13.5. The first-order chi connectivity index (χ1) is 8.54. The van der Waals surface area contributed by atoms with Gasteiger partial charge in [-0.05, 0) is 31.9 Å². The van der Waals surface area contributed by atoms with E-state index < -0.39 is 0 Å². The van der Waals surface area contributed by atoms with Crippen LogP contribution in [0.2, 0.25) is 0 Å². The van der Waals surface area contributed by atoms with Crippen molar-refractivity contribution >= 4 is 17.7 Å². The van der Waals surface area contributed by atoms with Crippen LogP contribution in [0.15, 0.2) is 29.4 Å². The molecule has 0 saturated carbocycles. The summed E-state index contributed by atoms with van der Waals surface area (Å²) < 4.78 is 0. The Labute approximate surface area is 112 Å². The van der Waals surface area contributed by atoms with Gasteiger partial charge in [-0.25, -0.2) is 4.98 Å². The first kappa shape index (κ1) is 15.0. The van der Waals surface area contributed by atoms with E-state index in [9.17, 15) is 4.79 Å². The number of aliphatic hydroxyl groups is 1. The maximum Gasteiger partial charge on any atom is 0.233 e. The van der Waals surface area contributed by atoms with Crippen molar-refractivity contribution in [2.75, 3.05) is 6.61 Å². The van der Waals surface area contributed by atoms with Gasteiger partial charge in [0.05, 0.1) is 10.3 Å². The third kappa shape index (κ3) is 4.66. The molecule has 100 valence electrons. The summed E-state index contributed by atoms with van der Waals surface area (Å²) in [5.74, 6) is 0.0273. The number of carbonyl (C=O) groups is 1. The number of hydrogen-bond donors (Lipinski definition) is 2. The van der Waals surface area contributed by atoms with Gasteiger partial charge in [0.1, 0.15) is 0 Å². The maximum absolute atomic E-state index is 11.9.